The third-order valence-corrected chi connectivity index (χ3v) is 8.86. The predicted molar refractivity (Wildman–Crippen MR) is 192 cm³/mol. The van der Waals surface area contributed by atoms with Crippen molar-refractivity contribution in [3.63, 3.8) is 0 Å². The summed E-state index contributed by atoms with van der Waals surface area (Å²) in [6.07, 6.45) is 3.50. The molecule has 0 atom stereocenters. The van der Waals surface area contributed by atoms with E-state index < -0.39 is 0 Å². The van der Waals surface area contributed by atoms with Crippen LogP contribution in [0.2, 0.25) is 0 Å². The molecule has 46 heavy (non-hydrogen) atoms. The molecule has 0 aliphatic heterocycles. The summed E-state index contributed by atoms with van der Waals surface area (Å²) in [6.45, 7) is 0. The van der Waals surface area contributed by atoms with Crippen LogP contribution in [-0.4, -0.2) is 14.5 Å². The topological polar surface area (TPSA) is 34.0 Å². The zero-order valence-corrected chi connectivity index (χ0v) is 25.0. The molecule has 4 heteroatoms. The summed E-state index contributed by atoms with van der Waals surface area (Å²) in [7, 11) is 0. The Morgan fingerprint density at radius 3 is 1.93 bits per heavy atom. The fraction of sp³-hybridized carbons (Fsp3) is 0. The van der Waals surface area contributed by atoms with Gasteiger partial charge in [-0.25, -0.2) is 0 Å². The largest absolute Gasteiger partial charge is 0.310 e. The minimum atomic E-state index is 0.872. The first-order chi connectivity index (χ1) is 22.8. The summed E-state index contributed by atoms with van der Waals surface area (Å²) in [5.74, 6) is 0. The van der Waals surface area contributed by atoms with E-state index in [4.69, 9.17) is 0 Å². The van der Waals surface area contributed by atoms with Gasteiger partial charge < -0.3 is 9.47 Å². The van der Waals surface area contributed by atoms with E-state index in [9.17, 15) is 0 Å². The van der Waals surface area contributed by atoms with Crippen LogP contribution in [0.5, 0.6) is 0 Å². The van der Waals surface area contributed by atoms with E-state index in [2.05, 4.69) is 177 Å². The van der Waals surface area contributed by atoms with Gasteiger partial charge in [0, 0.05) is 45.9 Å². The van der Waals surface area contributed by atoms with E-state index >= 15 is 0 Å². The highest BCUT2D eigenvalue weighted by Crippen LogP contribution is 2.42. The molecular weight excluding hydrogens is 560 g/mol. The molecule has 0 N–H and O–H groups in total. The Kier molecular flexibility index (Phi) is 6.10. The fourth-order valence-corrected chi connectivity index (χ4v) is 6.74. The van der Waals surface area contributed by atoms with E-state index in [0.717, 1.165) is 44.8 Å². The van der Waals surface area contributed by atoms with Gasteiger partial charge in [0.05, 0.1) is 22.1 Å². The van der Waals surface area contributed by atoms with E-state index in [1.54, 1.807) is 12.4 Å². The Labute approximate surface area is 266 Å². The first-order valence-electron chi connectivity index (χ1n) is 15.5. The molecule has 0 amide bonds. The van der Waals surface area contributed by atoms with Crippen molar-refractivity contribution in [2.75, 3.05) is 4.90 Å². The van der Waals surface area contributed by atoms with Crippen LogP contribution in [0.25, 0.3) is 60.4 Å². The molecule has 216 valence electrons. The molecule has 7 aromatic carbocycles. The summed E-state index contributed by atoms with van der Waals surface area (Å²) in [4.78, 5) is 11.5. The van der Waals surface area contributed by atoms with Crippen molar-refractivity contribution in [3.05, 3.63) is 170 Å². The van der Waals surface area contributed by atoms with Crippen LogP contribution in [0.3, 0.4) is 0 Å². The first-order valence-corrected chi connectivity index (χ1v) is 15.5. The van der Waals surface area contributed by atoms with Gasteiger partial charge in [0.1, 0.15) is 0 Å². The van der Waals surface area contributed by atoms with Gasteiger partial charge in [0.2, 0.25) is 0 Å². The van der Waals surface area contributed by atoms with Crippen LogP contribution in [0.15, 0.2) is 170 Å². The molecule has 0 aliphatic carbocycles. The number of benzene rings is 7. The normalized spacial score (nSPS) is 11.5. The lowest BCUT2D eigenvalue weighted by molar-refractivity contribution is 1.17. The monoisotopic (exact) mass is 588 g/mol. The summed E-state index contributed by atoms with van der Waals surface area (Å²) < 4.78 is 2.37. The van der Waals surface area contributed by atoms with Gasteiger partial charge in [-0.2, -0.15) is 0 Å². The Morgan fingerprint density at radius 1 is 0.435 bits per heavy atom. The van der Waals surface area contributed by atoms with Crippen LogP contribution in [-0.2, 0) is 0 Å². The van der Waals surface area contributed by atoms with E-state index in [0.29, 0.717) is 0 Å². The van der Waals surface area contributed by atoms with E-state index in [1.807, 2.05) is 0 Å². The number of aromatic nitrogens is 3. The minimum absolute atomic E-state index is 0.872. The number of fused-ring (bicyclic) bond motifs is 6. The van der Waals surface area contributed by atoms with Crippen LogP contribution in [0.1, 0.15) is 0 Å². The van der Waals surface area contributed by atoms with E-state index in [1.165, 1.54) is 32.7 Å². The van der Waals surface area contributed by atoms with Gasteiger partial charge in [0.25, 0.3) is 0 Å². The molecule has 0 fully saturated rings. The van der Waals surface area contributed by atoms with E-state index in [-0.39, 0.29) is 0 Å². The molecule has 0 saturated heterocycles. The molecule has 9 rings (SSSR count). The highest BCUT2D eigenvalue weighted by molar-refractivity contribution is 6.21. The molecule has 9 aromatic rings. The molecule has 2 aromatic heterocycles. The second-order valence-corrected chi connectivity index (χ2v) is 11.5. The number of rotatable bonds is 5. The van der Waals surface area contributed by atoms with Gasteiger partial charge in [-0.1, -0.05) is 97.1 Å². The third kappa shape index (κ3) is 4.31. The molecule has 0 spiro atoms. The minimum Gasteiger partial charge on any atom is -0.310 e. The fourth-order valence-electron chi connectivity index (χ4n) is 6.74. The highest BCUT2D eigenvalue weighted by atomic mass is 15.1. The number of hydrogen-bond acceptors (Lipinski definition) is 3. The van der Waals surface area contributed by atoms with Crippen molar-refractivity contribution in [1.82, 2.24) is 14.5 Å². The van der Waals surface area contributed by atoms with Gasteiger partial charge in [0.15, 0.2) is 0 Å². The number of hydrogen-bond donors (Lipinski definition) is 0. The lowest BCUT2D eigenvalue weighted by Crippen LogP contribution is -2.10. The quantitative estimate of drug-likeness (QED) is 0.201. The average molecular weight is 589 g/mol. The molecule has 0 aliphatic rings. The highest BCUT2D eigenvalue weighted by Gasteiger charge is 2.19. The Bertz CT molecular complexity index is 2520. The maximum Gasteiger partial charge on any atom is 0.0907 e. The Balaban J connectivity index is 1.29. The summed E-state index contributed by atoms with van der Waals surface area (Å²) in [5, 5.41) is 4.93. The standard InChI is InChI=1S/C42H28N4/c1-3-9-29(10-4-1)30-15-18-33(19-16-30)45(32-12-5-2-6-13-32)35-20-22-37-41(28-35)46(34-21-23-38-39(27-34)44-26-25-43-38)40-24-17-31-11-7-8-14-36(31)42(37)40/h1-28H. The van der Waals surface area contributed by atoms with Crippen molar-refractivity contribution in [2.24, 2.45) is 0 Å². The Morgan fingerprint density at radius 2 is 1.11 bits per heavy atom. The lowest BCUT2D eigenvalue weighted by atomic mass is 10.0. The average Bonchev–Trinajstić information content (AvgIpc) is 3.47. The molecule has 0 saturated carbocycles. The van der Waals surface area contributed by atoms with Crippen LogP contribution >= 0.6 is 0 Å². The molecule has 0 unspecified atom stereocenters. The summed E-state index contributed by atoms with van der Waals surface area (Å²) in [5.41, 5.74) is 10.8. The maximum atomic E-state index is 4.63. The maximum absolute atomic E-state index is 4.63. The van der Waals surface area contributed by atoms with Crippen molar-refractivity contribution >= 4 is 60.7 Å². The Hall–Kier alpha value is -6.26. The first kappa shape index (κ1) is 26.2. The number of para-hydroxylation sites is 1. The SMILES string of the molecule is c1ccc(-c2ccc(N(c3ccccc3)c3ccc4c5c6ccccc6ccc5n(-c5ccc6nccnc6c5)c4c3)cc2)cc1. The van der Waals surface area contributed by atoms with Gasteiger partial charge in [-0.3, -0.25) is 9.97 Å². The van der Waals surface area contributed by atoms with Crippen molar-refractivity contribution < 1.29 is 0 Å². The van der Waals surface area contributed by atoms with Crippen LogP contribution < -0.4 is 4.90 Å². The zero-order chi connectivity index (χ0) is 30.5. The second-order valence-electron chi connectivity index (χ2n) is 11.5. The van der Waals surface area contributed by atoms with Crippen molar-refractivity contribution in [3.8, 4) is 16.8 Å². The van der Waals surface area contributed by atoms with Crippen molar-refractivity contribution in [1.29, 1.82) is 0 Å². The molecule has 4 nitrogen and oxygen atoms in total. The third-order valence-electron chi connectivity index (χ3n) is 8.86. The lowest BCUT2D eigenvalue weighted by Gasteiger charge is -2.26. The molecular formula is C42H28N4. The van der Waals surface area contributed by atoms with Gasteiger partial charge >= 0.3 is 0 Å². The second kappa shape index (κ2) is 10.7. The molecule has 0 radical (unpaired) electrons. The van der Waals surface area contributed by atoms with Crippen LogP contribution in [0.4, 0.5) is 17.1 Å². The predicted octanol–water partition coefficient (Wildman–Crippen LogP) is 11.0. The molecule has 0 bridgehead atoms. The smallest absolute Gasteiger partial charge is 0.0907 e. The van der Waals surface area contributed by atoms with Crippen LogP contribution in [0, 0.1) is 0 Å². The van der Waals surface area contributed by atoms with Crippen molar-refractivity contribution in [2.45, 2.75) is 0 Å². The zero-order valence-electron chi connectivity index (χ0n) is 25.0. The number of nitrogens with zero attached hydrogens (tertiary/aromatic N) is 4. The van der Waals surface area contributed by atoms with Gasteiger partial charge in [-0.05, 0) is 82.6 Å². The molecule has 2 heterocycles. The summed E-state index contributed by atoms with van der Waals surface area (Å²) >= 11 is 0. The number of anilines is 3. The van der Waals surface area contributed by atoms with Gasteiger partial charge in [-0.15, -0.1) is 0 Å². The summed E-state index contributed by atoms with van der Waals surface area (Å²) in [6, 6.07) is 56.3.